The fourth-order valence-electron chi connectivity index (χ4n) is 2.50. The summed E-state index contributed by atoms with van der Waals surface area (Å²) in [5, 5.41) is 18.8. The van der Waals surface area contributed by atoms with E-state index in [1.54, 1.807) is 0 Å². The molecule has 0 fully saturated rings. The standard InChI is InChI=1S/C21H18ClF3O7/c1-30-11-32-16-7-5-14(22)20(29)19(16)15(26)6-3-12-2-4-13(21(23,24)25)10-17(12)31-9-8-18(27)28/h2-7,10,29H,8-9,11H2,1H3,(H,27,28)/b6-3+. The van der Waals surface area contributed by atoms with Crippen molar-refractivity contribution in [1.29, 1.82) is 0 Å². The van der Waals surface area contributed by atoms with E-state index in [1.807, 2.05) is 0 Å². The zero-order valence-corrected chi connectivity index (χ0v) is 17.4. The van der Waals surface area contributed by atoms with Crippen LogP contribution in [0, 0.1) is 0 Å². The number of allylic oxidation sites excluding steroid dienone is 1. The van der Waals surface area contributed by atoms with Crippen LogP contribution in [0.5, 0.6) is 17.2 Å². The van der Waals surface area contributed by atoms with Crippen molar-refractivity contribution in [1.82, 2.24) is 0 Å². The number of aromatic hydroxyl groups is 1. The molecule has 2 rings (SSSR count). The fraction of sp³-hybridized carbons (Fsp3) is 0.238. The van der Waals surface area contributed by atoms with Crippen molar-refractivity contribution in [2.75, 3.05) is 20.5 Å². The van der Waals surface area contributed by atoms with E-state index < -0.39 is 35.7 Å². The zero-order valence-electron chi connectivity index (χ0n) is 16.6. The quantitative estimate of drug-likeness (QED) is 0.290. The van der Waals surface area contributed by atoms with Gasteiger partial charge in [0.2, 0.25) is 0 Å². The van der Waals surface area contributed by atoms with Crippen molar-refractivity contribution in [2.24, 2.45) is 0 Å². The van der Waals surface area contributed by atoms with Crippen LogP contribution < -0.4 is 9.47 Å². The Morgan fingerprint density at radius 3 is 2.47 bits per heavy atom. The SMILES string of the molecule is COCOc1ccc(Cl)c(O)c1C(=O)/C=C/c1ccc(C(F)(F)F)cc1OCCC(=O)O. The third-order valence-corrected chi connectivity index (χ3v) is 4.30. The molecule has 2 aromatic carbocycles. The number of carbonyl (C=O) groups excluding carboxylic acids is 1. The molecule has 0 unspecified atom stereocenters. The van der Waals surface area contributed by atoms with Gasteiger partial charge in [0, 0.05) is 12.7 Å². The van der Waals surface area contributed by atoms with E-state index in [-0.39, 0.29) is 41.0 Å². The molecule has 32 heavy (non-hydrogen) atoms. The first kappa shape index (κ1) is 25.0. The number of aliphatic carboxylic acids is 1. The van der Waals surface area contributed by atoms with E-state index in [0.717, 1.165) is 18.2 Å². The maximum Gasteiger partial charge on any atom is 0.416 e. The molecular weight excluding hydrogens is 457 g/mol. The van der Waals surface area contributed by atoms with Crippen LogP contribution in [0.25, 0.3) is 6.08 Å². The summed E-state index contributed by atoms with van der Waals surface area (Å²) in [5.74, 6) is -2.78. The van der Waals surface area contributed by atoms with Crippen LogP contribution in [0.3, 0.4) is 0 Å². The van der Waals surface area contributed by atoms with Gasteiger partial charge in [0.05, 0.1) is 23.6 Å². The maximum atomic E-state index is 13.0. The molecule has 0 aliphatic carbocycles. The van der Waals surface area contributed by atoms with E-state index >= 15 is 0 Å². The number of carbonyl (C=O) groups is 2. The molecule has 11 heteroatoms. The van der Waals surface area contributed by atoms with Gasteiger partial charge in [-0.3, -0.25) is 9.59 Å². The summed E-state index contributed by atoms with van der Waals surface area (Å²) in [6, 6.07) is 5.23. The third-order valence-electron chi connectivity index (χ3n) is 4.00. The number of phenols is 1. The van der Waals surface area contributed by atoms with Gasteiger partial charge in [-0.15, -0.1) is 0 Å². The molecule has 2 aromatic rings. The Bertz CT molecular complexity index is 1020. The lowest BCUT2D eigenvalue weighted by molar-refractivity contribution is -0.139. The number of methoxy groups -OCH3 is 1. The highest BCUT2D eigenvalue weighted by Gasteiger charge is 2.31. The first-order valence-corrected chi connectivity index (χ1v) is 9.33. The predicted octanol–water partition coefficient (Wildman–Crippen LogP) is 4.80. The molecule has 0 spiro atoms. The number of carboxylic acids is 1. The van der Waals surface area contributed by atoms with Gasteiger partial charge in [-0.25, -0.2) is 0 Å². The smallest absolute Gasteiger partial charge is 0.416 e. The number of halogens is 4. The number of benzene rings is 2. The van der Waals surface area contributed by atoms with Crippen LogP contribution in [0.1, 0.15) is 27.9 Å². The Hall–Kier alpha value is -3.24. The number of carboxylic acid groups (broad SMARTS) is 1. The fourth-order valence-corrected chi connectivity index (χ4v) is 2.66. The first-order chi connectivity index (χ1) is 15.0. The molecule has 0 atom stereocenters. The highest BCUT2D eigenvalue weighted by molar-refractivity contribution is 6.33. The second kappa shape index (κ2) is 10.9. The van der Waals surface area contributed by atoms with Crippen LogP contribution in [0.4, 0.5) is 13.2 Å². The van der Waals surface area contributed by atoms with Crippen molar-refractivity contribution in [3.05, 3.63) is 58.1 Å². The molecule has 0 amide bonds. The highest BCUT2D eigenvalue weighted by Crippen LogP contribution is 2.36. The predicted molar refractivity (Wildman–Crippen MR) is 108 cm³/mol. The summed E-state index contributed by atoms with van der Waals surface area (Å²) in [6.45, 7) is -0.596. The Balaban J connectivity index is 2.38. The van der Waals surface area contributed by atoms with E-state index in [0.29, 0.717) is 6.07 Å². The molecule has 0 saturated carbocycles. The summed E-state index contributed by atoms with van der Waals surface area (Å²) >= 11 is 5.86. The topological polar surface area (TPSA) is 102 Å². The molecule has 0 aliphatic heterocycles. The van der Waals surface area contributed by atoms with Gasteiger partial charge in [-0.2, -0.15) is 13.2 Å². The molecule has 0 saturated heterocycles. The lowest BCUT2D eigenvalue weighted by Crippen LogP contribution is -2.09. The van der Waals surface area contributed by atoms with Crippen molar-refractivity contribution < 1.29 is 47.2 Å². The Morgan fingerprint density at radius 1 is 1.12 bits per heavy atom. The van der Waals surface area contributed by atoms with Crippen molar-refractivity contribution in [2.45, 2.75) is 12.6 Å². The summed E-state index contributed by atoms with van der Waals surface area (Å²) < 4.78 is 54.3. The normalized spacial score (nSPS) is 11.5. The lowest BCUT2D eigenvalue weighted by Gasteiger charge is -2.13. The first-order valence-electron chi connectivity index (χ1n) is 8.96. The van der Waals surface area contributed by atoms with Gasteiger partial charge in [-0.1, -0.05) is 17.7 Å². The molecule has 2 N–H and O–H groups in total. The van der Waals surface area contributed by atoms with Crippen LogP contribution in [0.15, 0.2) is 36.4 Å². The number of alkyl halides is 3. The van der Waals surface area contributed by atoms with E-state index in [9.17, 15) is 27.9 Å². The summed E-state index contributed by atoms with van der Waals surface area (Å²) in [4.78, 5) is 23.4. The van der Waals surface area contributed by atoms with E-state index in [4.69, 9.17) is 30.9 Å². The average molecular weight is 475 g/mol. The minimum Gasteiger partial charge on any atom is -0.505 e. The second-order valence-corrected chi connectivity index (χ2v) is 6.67. The number of phenolic OH excluding ortho intramolecular Hbond substituents is 1. The summed E-state index contributed by atoms with van der Waals surface area (Å²) in [7, 11) is 1.35. The number of rotatable bonds is 10. The van der Waals surface area contributed by atoms with Crippen molar-refractivity contribution >= 4 is 29.4 Å². The molecule has 0 heterocycles. The third kappa shape index (κ3) is 6.63. The number of ether oxygens (including phenoxy) is 3. The Labute approximate surface area is 185 Å². The molecule has 7 nitrogen and oxygen atoms in total. The maximum absolute atomic E-state index is 13.0. The van der Waals surface area contributed by atoms with Gasteiger partial charge in [0.25, 0.3) is 0 Å². The van der Waals surface area contributed by atoms with Crippen LogP contribution in [-0.2, 0) is 15.7 Å². The van der Waals surface area contributed by atoms with Gasteiger partial charge in [0.1, 0.15) is 22.8 Å². The van der Waals surface area contributed by atoms with Gasteiger partial charge in [-0.05, 0) is 36.4 Å². The highest BCUT2D eigenvalue weighted by atomic mass is 35.5. The van der Waals surface area contributed by atoms with Crippen molar-refractivity contribution in [3.8, 4) is 17.2 Å². The number of hydrogen-bond acceptors (Lipinski definition) is 6. The molecular formula is C21H18ClF3O7. The Kier molecular flexibility index (Phi) is 8.50. The van der Waals surface area contributed by atoms with Crippen LogP contribution in [-0.4, -0.2) is 42.5 Å². The zero-order chi connectivity index (χ0) is 23.9. The lowest BCUT2D eigenvalue weighted by atomic mass is 10.0. The Morgan fingerprint density at radius 2 is 1.84 bits per heavy atom. The molecule has 0 radical (unpaired) electrons. The molecule has 0 aromatic heterocycles. The van der Waals surface area contributed by atoms with E-state index in [1.165, 1.54) is 25.3 Å². The molecule has 172 valence electrons. The van der Waals surface area contributed by atoms with E-state index in [2.05, 4.69) is 0 Å². The van der Waals surface area contributed by atoms with Crippen LogP contribution in [0.2, 0.25) is 5.02 Å². The van der Waals surface area contributed by atoms with Crippen LogP contribution >= 0.6 is 11.6 Å². The minimum absolute atomic E-state index is 0.0197. The molecule has 0 aliphatic rings. The number of ketones is 1. The summed E-state index contributed by atoms with van der Waals surface area (Å²) in [5.41, 5.74) is -1.20. The average Bonchev–Trinajstić information content (AvgIpc) is 2.72. The largest absolute Gasteiger partial charge is 0.505 e. The summed E-state index contributed by atoms with van der Waals surface area (Å²) in [6.07, 6.45) is -2.94. The van der Waals surface area contributed by atoms with Gasteiger partial charge >= 0.3 is 12.1 Å². The molecule has 0 bridgehead atoms. The monoisotopic (exact) mass is 474 g/mol. The number of hydrogen-bond donors (Lipinski definition) is 2. The van der Waals surface area contributed by atoms with Gasteiger partial charge < -0.3 is 24.4 Å². The minimum atomic E-state index is -4.65. The second-order valence-electron chi connectivity index (χ2n) is 6.26. The van der Waals surface area contributed by atoms with Crippen molar-refractivity contribution in [3.63, 3.8) is 0 Å². The van der Waals surface area contributed by atoms with Gasteiger partial charge in [0.15, 0.2) is 12.6 Å².